The summed E-state index contributed by atoms with van der Waals surface area (Å²) in [6, 6.07) is 5.00. The molecule has 4 nitrogen and oxygen atoms in total. The molecule has 5 heteroatoms. The third kappa shape index (κ3) is 3.26. The Morgan fingerprint density at radius 3 is 3.11 bits per heavy atom. The third-order valence-electron chi connectivity index (χ3n) is 2.53. The van der Waals surface area contributed by atoms with E-state index in [1.54, 1.807) is 29.8 Å². The van der Waals surface area contributed by atoms with Gasteiger partial charge in [0.15, 0.2) is 0 Å². The van der Waals surface area contributed by atoms with Crippen LogP contribution in [0.5, 0.6) is 5.75 Å². The van der Waals surface area contributed by atoms with Gasteiger partial charge in [0.1, 0.15) is 12.4 Å². The van der Waals surface area contributed by atoms with Crippen LogP contribution in [0.3, 0.4) is 0 Å². The molecule has 1 aromatic carbocycles. The van der Waals surface area contributed by atoms with Gasteiger partial charge in [-0.05, 0) is 17.5 Å². The molecule has 0 amide bonds. The van der Waals surface area contributed by atoms with Crippen LogP contribution in [0.25, 0.3) is 10.8 Å². The molecule has 0 spiro atoms. The number of carbonyl (C=O) groups is 1. The SMILES string of the molecule is C=CSCCOC(=O)c1ccc2cncc(O)c2c1. The molecule has 0 radical (unpaired) electrons. The minimum Gasteiger partial charge on any atom is -0.506 e. The topological polar surface area (TPSA) is 59.4 Å². The molecule has 0 aliphatic heterocycles. The van der Waals surface area contributed by atoms with E-state index in [9.17, 15) is 9.90 Å². The molecule has 19 heavy (non-hydrogen) atoms. The van der Waals surface area contributed by atoms with Gasteiger partial charge in [-0.2, -0.15) is 0 Å². The fourth-order valence-electron chi connectivity index (χ4n) is 1.62. The minimum absolute atomic E-state index is 0.0503. The van der Waals surface area contributed by atoms with Crippen LogP contribution in [-0.4, -0.2) is 28.4 Å². The molecule has 0 aliphatic rings. The van der Waals surface area contributed by atoms with Crippen molar-refractivity contribution in [1.82, 2.24) is 4.98 Å². The summed E-state index contributed by atoms with van der Waals surface area (Å²) in [5, 5.41) is 12.8. The molecular formula is C14H13NO3S. The average molecular weight is 275 g/mol. The van der Waals surface area contributed by atoms with Crippen LogP contribution in [0.1, 0.15) is 10.4 Å². The number of aromatic hydroxyl groups is 1. The van der Waals surface area contributed by atoms with Gasteiger partial charge in [0, 0.05) is 22.7 Å². The van der Waals surface area contributed by atoms with Gasteiger partial charge < -0.3 is 9.84 Å². The maximum atomic E-state index is 11.8. The zero-order valence-electron chi connectivity index (χ0n) is 10.2. The number of rotatable bonds is 5. The Bertz CT molecular complexity index is 613. The first-order chi connectivity index (χ1) is 9.22. The first-order valence-electron chi connectivity index (χ1n) is 5.68. The van der Waals surface area contributed by atoms with Gasteiger partial charge in [-0.3, -0.25) is 4.98 Å². The van der Waals surface area contributed by atoms with Crippen LogP contribution in [0.2, 0.25) is 0 Å². The fourth-order valence-corrected chi connectivity index (χ4v) is 1.97. The van der Waals surface area contributed by atoms with E-state index >= 15 is 0 Å². The Morgan fingerprint density at radius 1 is 1.47 bits per heavy atom. The highest BCUT2D eigenvalue weighted by atomic mass is 32.2. The number of aromatic nitrogens is 1. The normalized spacial score (nSPS) is 10.3. The van der Waals surface area contributed by atoms with Crippen molar-refractivity contribution >= 4 is 28.5 Å². The maximum Gasteiger partial charge on any atom is 0.338 e. The van der Waals surface area contributed by atoms with Crippen LogP contribution in [0.15, 0.2) is 42.6 Å². The van der Waals surface area contributed by atoms with Crippen LogP contribution >= 0.6 is 11.8 Å². The molecular weight excluding hydrogens is 262 g/mol. The van der Waals surface area contributed by atoms with Crippen molar-refractivity contribution < 1.29 is 14.6 Å². The lowest BCUT2D eigenvalue weighted by atomic mass is 10.1. The summed E-state index contributed by atoms with van der Waals surface area (Å²) in [5.74, 6) is 0.329. The van der Waals surface area contributed by atoms with E-state index in [0.29, 0.717) is 23.3 Å². The van der Waals surface area contributed by atoms with Crippen molar-refractivity contribution in [3.63, 3.8) is 0 Å². The van der Waals surface area contributed by atoms with Gasteiger partial charge in [-0.1, -0.05) is 12.6 Å². The molecule has 1 aromatic heterocycles. The quantitative estimate of drug-likeness (QED) is 0.671. The molecule has 0 saturated carbocycles. The largest absolute Gasteiger partial charge is 0.506 e. The molecule has 1 heterocycles. The van der Waals surface area contributed by atoms with E-state index in [2.05, 4.69) is 11.6 Å². The highest BCUT2D eigenvalue weighted by molar-refractivity contribution is 8.02. The second-order valence-corrected chi connectivity index (χ2v) is 4.84. The lowest BCUT2D eigenvalue weighted by Crippen LogP contribution is -2.07. The Kier molecular flexibility index (Phi) is 4.41. The molecule has 98 valence electrons. The molecule has 2 rings (SSSR count). The smallest absolute Gasteiger partial charge is 0.338 e. The molecule has 0 saturated heterocycles. The number of hydrogen-bond donors (Lipinski definition) is 1. The van der Waals surface area contributed by atoms with Crippen LogP contribution < -0.4 is 0 Å². The predicted octanol–water partition coefficient (Wildman–Crippen LogP) is 2.97. The van der Waals surface area contributed by atoms with E-state index < -0.39 is 5.97 Å². The summed E-state index contributed by atoms with van der Waals surface area (Å²) in [6.45, 7) is 3.90. The van der Waals surface area contributed by atoms with Gasteiger partial charge in [-0.15, -0.1) is 11.8 Å². The second-order valence-electron chi connectivity index (χ2n) is 3.77. The molecule has 0 atom stereocenters. The number of pyridine rings is 1. The van der Waals surface area contributed by atoms with E-state index in [1.807, 2.05) is 0 Å². The van der Waals surface area contributed by atoms with Crippen molar-refractivity contribution in [2.24, 2.45) is 0 Å². The molecule has 0 aliphatic carbocycles. The number of benzene rings is 1. The van der Waals surface area contributed by atoms with Gasteiger partial charge >= 0.3 is 5.97 Å². The number of fused-ring (bicyclic) bond motifs is 1. The van der Waals surface area contributed by atoms with Crippen molar-refractivity contribution in [3.05, 3.63) is 48.1 Å². The zero-order valence-corrected chi connectivity index (χ0v) is 11.0. The van der Waals surface area contributed by atoms with E-state index in [1.165, 1.54) is 18.0 Å². The summed E-state index contributed by atoms with van der Waals surface area (Å²) >= 11 is 1.49. The molecule has 0 unspecified atom stereocenters. The third-order valence-corrected chi connectivity index (χ3v) is 3.17. The number of esters is 1. The Hall–Kier alpha value is -2.01. The Labute approximate surface area is 115 Å². The summed E-state index contributed by atoms with van der Waals surface area (Å²) < 4.78 is 5.11. The minimum atomic E-state index is -0.400. The van der Waals surface area contributed by atoms with Crippen LogP contribution in [0.4, 0.5) is 0 Å². The molecule has 1 N–H and O–H groups in total. The number of hydrogen-bond acceptors (Lipinski definition) is 5. The van der Waals surface area contributed by atoms with Crippen LogP contribution in [-0.2, 0) is 4.74 Å². The van der Waals surface area contributed by atoms with Gasteiger partial charge in [0.2, 0.25) is 0 Å². The zero-order chi connectivity index (χ0) is 13.7. The summed E-state index contributed by atoms with van der Waals surface area (Å²) in [5.41, 5.74) is 0.414. The molecule has 2 aromatic rings. The average Bonchev–Trinajstić information content (AvgIpc) is 2.43. The highest BCUT2D eigenvalue weighted by Crippen LogP contribution is 2.24. The van der Waals surface area contributed by atoms with Crippen LogP contribution in [0, 0.1) is 0 Å². The number of carbonyl (C=O) groups excluding carboxylic acids is 1. The first-order valence-corrected chi connectivity index (χ1v) is 6.73. The first kappa shape index (κ1) is 13.4. The molecule has 0 fully saturated rings. The van der Waals surface area contributed by atoms with E-state index in [4.69, 9.17) is 4.74 Å². The Balaban J connectivity index is 2.14. The fraction of sp³-hybridized carbons (Fsp3) is 0.143. The maximum absolute atomic E-state index is 11.8. The standard InChI is InChI=1S/C14H13NO3S/c1-2-19-6-5-18-14(17)10-3-4-11-8-15-9-13(16)12(11)7-10/h2-4,7-9,16H,1,5-6H2. The highest BCUT2D eigenvalue weighted by Gasteiger charge is 2.09. The Morgan fingerprint density at radius 2 is 2.32 bits per heavy atom. The predicted molar refractivity (Wildman–Crippen MR) is 76.3 cm³/mol. The number of thioether (sulfide) groups is 1. The van der Waals surface area contributed by atoms with Crippen molar-refractivity contribution in [2.75, 3.05) is 12.4 Å². The number of nitrogens with zero attached hydrogens (tertiary/aromatic N) is 1. The molecule has 0 bridgehead atoms. The summed E-state index contributed by atoms with van der Waals surface area (Å²) in [7, 11) is 0. The lowest BCUT2D eigenvalue weighted by molar-refractivity contribution is 0.0530. The van der Waals surface area contributed by atoms with Gasteiger partial charge in [0.05, 0.1) is 11.8 Å². The number of ether oxygens (including phenoxy) is 1. The van der Waals surface area contributed by atoms with Gasteiger partial charge in [0.25, 0.3) is 0 Å². The summed E-state index contributed by atoms with van der Waals surface area (Å²) in [6.07, 6.45) is 2.98. The lowest BCUT2D eigenvalue weighted by Gasteiger charge is -2.05. The van der Waals surface area contributed by atoms with E-state index in [-0.39, 0.29) is 5.75 Å². The van der Waals surface area contributed by atoms with E-state index in [0.717, 1.165) is 5.39 Å². The van der Waals surface area contributed by atoms with Crippen molar-refractivity contribution in [2.45, 2.75) is 0 Å². The van der Waals surface area contributed by atoms with Gasteiger partial charge in [-0.25, -0.2) is 4.79 Å². The van der Waals surface area contributed by atoms with Crippen molar-refractivity contribution in [1.29, 1.82) is 0 Å². The van der Waals surface area contributed by atoms with Crippen molar-refractivity contribution in [3.8, 4) is 5.75 Å². The monoisotopic (exact) mass is 275 g/mol. The summed E-state index contributed by atoms with van der Waals surface area (Å²) in [4.78, 5) is 15.7. The second kappa shape index (κ2) is 6.24.